The second-order valence-electron chi connectivity index (χ2n) is 12.4. The van der Waals surface area contributed by atoms with E-state index in [2.05, 4.69) is 39.3 Å². The molecule has 2 aliphatic carbocycles. The summed E-state index contributed by atoms with van der Waals surface area (Å²) in [6.45, 7) is 16.0. The Kier molecular flexibility index (Phi) is 4.76. The second kappa shape index (κ2) is 6.52. The molecule has 6 atom stereocenters. The minimum absolute atomic E-state index is 0.257. The van der Waals surface area contributed by atoms with Gasteiger partial charge < -0.3 is 13.9 Å². The van der Waals surface area contributed by atoms with E-state index in [0.29, 0.717) is 24.4 Å². The van der Waals surface area contributed by atoms with Gasteiger partial charge in [0, 0.05) is 4.85 Å². The van der Waals surface area contributed by atoms with Gasteiger partial charge in [-0.1, -0.05) is 45.5 Å². The van der Waals surface area contributed by atoms with Gasteiger partial charge in [0.1, 0.15) is 0 Å². The first kappa shape index (κ1) is 20.4. The van der Waals surface area contributed by atoms with Crippen LogP contribution in [0.1, 0.15) is 51.4 Å². The van der Waals surface area contributed by atoms with E-state index in [0.717, 1.165) is 11.1 Å². The van der Waals surface area contributed by atoms with Gasteiger partial charge in [0.15, 0.2) is 8.32 Å². The first-order chi connectivity index (χ1) is 13.1. The normalized spacial score (nSPS) is 47.8. The zero-order valence-corrected chi connectivity index (χ0v) is 22.1. The highest BCUT2D eigenvalue weighted by Crippen LogP contribution is 2.59. The fourth-order valence-electron chi connectivity index (χ4n) is 7.85. The number of fused-ring (bicyclic) bond motifs is 2. The third kappa shape index (κ3) is 3.11. The van der Waals surface area contributed by atoms with Crippen LogP contribution in [0.3, 0.4) is 0 Å². The van der Waals surface area contributed by atoms with E-state index in [9.17, 15) is 0 Å². The Labute approximate surface area is 175 Å². The van der Waals surface area contributed by atoms with Gasteiger partial charge >= 0.3 is 0 Å². The van der Waals surface area contributed by atoms with Crippen LogP contribution in [-0.2, 0) is 13.9 Å². The van der Waals surface area contributed by atoms with E-state index in [1.165, 1.54) is 57.4 Å². The van der Waals surface area contributed by atoms with Crippen LogP contribution in [0.15, 0.2) is 0 Å². The van der Waals surface area contributed by atoms with Crippen molar-refractivity contribution in [2.24, 2.45) is 0 Å². The molecule has 3 heterocycles. The van der Waals surface area contributed by atoms with Crippen molar-refractivity contribution in [3.63, 3.8) is 0 Å². The summed E-state index contributed by atoms with van der Waals surface area (Å²) in [5.41, 5.74) is 1.78. The van der Waals surface area contributed by atoms with Gasteiger partial charge in [-0.25, -0.2) is 0 Å². The monoisotopic (exact) mass is 438 g/mol. The Balaban J connectivity index is 1.50. The largest absolute Gasteiger partial charge is 0.418 e. The Hall–Kier alpha value is 0.531. The summed E-state index contributed by atoms with van der Waals surface area (Å²) >= 11 is 0. The maximum Gasteiger partial charge on any atom is 0.186 e. The number of hydrogen-bond acceptors (Lipinski definition) is 3. The van der Waals surface area contributed by atoms with Crippen LogP contribution in [0.4, 0.5) is 0 Å². The highest BCUT2D eigenvalue weighted by molar-refractivity contribution is 7.01. The third-order valence-electron chi connectivity index (χ3n) is 9.89. The summed E-state index contributed by atoms with van der Waals surface area (Å²) in [5.74, 6) is 0. The van der Waals surface area contributed by atoms with Crippen molar-refractivity contribution in [3.05, 3.63) is 0 Å². The molecule has 0 aromatic heterocycles. The van der Waals surface area contributed by atoms with Crippen molar-refractivity contribution in [2.75, 3.05) is 0 Å². The molecule has 5 aliphatic rings. The average molecular weight is 439 g/mol. The van der Waals surface area contributed by atoms with Gasteiger partial charge in [-0.15, -0.1) is 0 Å². The molecule has 2 saturated carbocycles. The molecule has 5 rings (SSSR count). The molecule has 3 saturated heterocycles. The molecule has 3 nitrogen and oxygen atoms in total. The molecule has 0 spiro atoms. The molecule has 28 heavy (non-hydrogen) atoms. The number of rotatable bonds is 4. The van der Waals surface area contributed by atoms with E-state index in [1.807, 2.05) is 0 Å². The molecule has 6 unspecified atom stereocenters. The topological polar surface area (TPSA) is 34.3 Å². The maximum atomic E-state index is 7.58. The first-order valence-corrected chi connectivity index (χ1v) is 21.3. The van der Waals surface area contributed by atoms with Crippen LogP contribution in [0.5, 0.6) is 0 Å². The van der Waals surface area contributed by atoms with E-state index in [-0.39, 0.29) is 4.85 Å². The number of ether oxygens (including phenoxy) is 2. The van der Waals surface area contributed by atoms with Crippen LogP contribution >= 0.6 is 0 Å². The van der Waals surface area contributed by atoms with Crippen molar-refractivity contribution in [2.45, 2.75) is 137 Å². The molecular formula is C22H42O3Si3. The molecule has 0 aromatic rings. The van der Waals surface area contributed by atoms with Crippen LogP contribution in [-0.4, -0.2) is 53.7 Å². The lowest BCUT2D eigenvalue weighted by molar-refractivity contribution is 0.164. The summed E-state index contributed by atoms with van der Waals surface area (Å²) in [4.78, 5) is 0.257. The lowest BCUT2D eigenvalue weighted by Gasteiger charge is -2.63. The minimum atomic E-state index is -1.63. The Morgan fingerprint density at radius 2 is 1.25 bits per heavy atom. The SMILES string of the molecule is C[Si]1(C)CCCC([Si](C)(C)C2CCC3OC3C2)([Si](C)(C)C2CCC3OC3C2)O1. The van der Waals surface area contributed by atoms with Gasteiger partial charge in [-0.3, -0.25) is 0 Å². The molecular weight excluding hydrogens is 396 g/mol. The smallest absolute Gasteiger partial charge is 0.186 e. The van der Waals surface area contributed by atoms with Crippen molar-refractivity contribution in [3.8, 4) is 0 Å². The van der Waals surface area contributed by atoms with Crippen molar-refractivity contribution in [1.29, 1.82) is 0 Å². The van der Waals surface area contributed by atoms with Crippen molar-refractivity contribution < 1.29 is 13.9 Å². The quantitative estimate of drug-likeness (QED) is 0.406. The summed E-state index contributed by atoms with van der Waals surface area (Å²) in [7, 11) is -4.84. The zero-order chi connectivity index (χ0) is 19.9. The fraction of sp³-hybridized carbons (Fsp3) is 1.00. The molecule has 0 aromatic carbocycles. The van der Waals surface area contributed by atoms with E-state index in [4.69, 9.17) is 13.9 Å². The van der Waals surface area contributed by atoms with Crippen molar-refractivity contribution in [1.82, 2.24) is 0 Å². The van der Waals surface area contributed by atoms with Gasteiger partial charge in [0.25, 0.3) is 0 Å². The van der Waals surface area contributed by atoms with Gasteiger partial charge in [-0.05, 0) is 62.3 Å². The van der Waals surface area contributed by atoms with Crippen LogP contribution in [0.2, 0.25) is 56.4 Å². The van der Waals surface area contributed by atoms with E-state index in [1.54, 1.807) is 0 Å². The van der Waals surface area contributed by atoms with Crippen LogP contribution in [0.25, 0.3) is 0 Å². The Morgan fingerprint density at radius 1 is 0.750 bits per heavy atom. The molecule has 3 aliphatic heterocycles. The molecule has 0 amide bonds. The standard InChI is InChI=1S/C22H42O3Si3/c1-26(2)13-7-12-22(25-26,27(3,4)16-8-10-18-20(14-16)23-18)28(5,6)17-9-11-19-21(15-17)24-19/h16-21H,7-15H2,1-6H3. The minimum Gasteiger partial charge on any atom is -0.418 e. The second-order valence-corrected chi connectivity index (χ2v) is 27.3. The Morgan fingerprint density at radius 3 is 1.68 bits per heavy atom. The highest BCUT2D eigenvalue weighted by atomic mass is 28.4. The lowest BCUT2D eigenvalue weighted by atomic mass is 10.0. The predicted octanol–water partition coefficient (Wildman–Crippen LogP) is 5.88. The average Bonchev–Trinajstić information content (AvgIpc) is 3.52. The summed E-state index contributed by atoms with van der Waals surface area (Å²) in [5, 5.41) is 0. The predicted molar refractivity (Wildman–Crippen MR) is 123 cm³/mol. The van der Waals surface area contributed by atoms with E-state index < -0.39 is 24.5 Å². The molecule has 0 N–H and O–H groups in total. The fourth-order valence-corrected chi connectivity index (χ4v) is 28.0. The molecule has 6 heteroatoms. The molecule has 0 radical (unpaired) electrons. The van der Waals surface area contributed by atoms with E-state index >= 15 is 0 Å². The molecule has 0 bridgehead atoms. The van der Waals surface area contributed by atoms with Crippen LogP contribution < -0.4 is 0 Å². The highest BCUT2D eigenvalue weighted by Gasteiger charge is 2.66. The van der Waals surface area contributed by atoms with Crippen molar-refractivity contribution >= 4 is 24.5 Å². The van der Waals surface area contributed by atoms with Crippen LogP contribution in [0, 0.1) is 0 Å². The Bertz CT molecular complexity index is 595. The molecule has 160 valence electrons. The van der Waals surface area contributed by atoms with Gasteiger partial charge in [-0.2, -0.15) is 0 Å². The maximum absolute atomic E-state index is 7.58. The first-order valence-electron chi connectivity index (χ1n) is 12.1. The zero-order valence-electron chi connectivity index (χ0n) is 19.1. The van der Waals surface area contributed by atoms with Gasteiger partial charge in [0.05, 0.1) is 40.6 Å². The van der Waals surface area contributed by atoms with Gasteiger partial charge in [0.2, 0.25) is 0 Å². The summed E-state index contributed by atoms with van der Waals surface area (Å²) in [6, 6.07) is 1.36. The third-order valence-corrected chi connectivity index (χ3v) is 26.6. The molecule has 5 fully saturated rings. The number of hydrogen-bond donors (Lipinski definition) is 0. The summed E-state index contributed by atoms with van der Waals surface area (Å²) < 4.78 is 19.5. The summed E-state index contributed by atoms with van der Waals surface area (Å²) in [6.07, 6.45) is 13.3. The lowest BCUT2D eigenvalue weighted by Crippen LogP contribution is -2.76. The number of epoxide rings is 2.